The van der Waals surface area contributed by atoms with Crippen molar-refractivity contribution in [3.8, 4) is 0 Å². The predicted molar refractivity (Wildman–Crippen MR) is 154 cm³/mol. The first-order chi connectivity index (χ1) is 18.7. The SMILES string of the molecule is COC(=O)CNC(=O)CCC/C=C\NC(=O)/C=C(C)/C=C/C(C)[C@H](OC)C(C)C(/C=C/c1ccccc1)OC. The minimum Gasteiger partial charge on any atom is -0.468 e. The molecule has 0 aliphatic rings. The largest absolute Gasteiger partial charge is 0.468 e. The number of carbonyl (C=O) groups excluding carboxylic acids is 3. The monoisotopic (exact) mass is 540 g/mol. The quantitative estimate of drug-likeness (QED) is 0.130. The molecule has 8 nitrogen and oxygen atoms in total. The summed E-state index contributed by atoms with van der Waals surface area (Å²) in [6.45, 7) is 5.93. The van der Waals surface area contributed by atoms with Crippen molar-refractivity contribution in [2.45, 2.75) is 52.2 Å². The van der Waals surface area contributed by atoms with E-state index >= 15 is 0 Å². The number of nitrogens with one attached hydrogen (secondary N) is 2. The van der Waals surface area contributed by atoms with Gasteiger partial charge in [-0.1, -0.05) is 74.6 Å². The molecule has 1 aromatic carbocycles. The molecule has 8 heteroatoms. The van der Waals surface area contributed by atoms with Gasteiger partial charge in [-0.2, -0.15) is 0 Å². The third-order valence-corrected chi connectivity index (χ3v) is 6.17. The van der Waals surface area contributed by atoms with Gasteiger partial charge in [-0.25, -0.2) is 0 Å². The number of allylic oxidation sites excluding steroid dienone is 3. The van der Waals surface area contributed by atoms with E-state index < -0.39 is 5.97 Å². The van der Waals surface area contributed by atoms with Crippen molar-refractivity contribution in [2.24, 2.45) is 11.8 Å². The van der Waals surface area contributed by atoms with Crippen molar-refractivity contribution in [3.63, 3.8) is 0 Å². The molecular weight excluding hydrogens is 496 g/mol. The fourth-order valence-corrected chi connectivity index (χ4v) is 3.98. The highest BCUT2D eigenvalue weighted by Gasteiger charge is 2.27. The minimum absolute atomic E-state index is 0.0845. The number of methoxy groups -OCH3 is 3. The van der Waals surface area contributed by atoms with Gasteiger partial charge in [0, 0.05) is 44.8 Å². The van der Waals surface area contributed by atoms with E-state index in [2.05, 4.69) is 41.4 Å². The van der Waals surface area contributed by atoms with Crippen LogP contribution in [0.1, 0.15) is 45.6 Å². The Morgan fingerprint density at radius 1 is 1.00 bits per heavy atom. The van der Waals surface area contributed by atoms with Gasteiger partial charge in [-0.05, 0) is 30.9 Å². The van der Waals surface area contributed by atoms with E-state index in [9.17, 15) is 14.4 Å². The van der Waals surface area contributed by atoms with Gasteiger partial charge >= 0.3 is 5.97 Å². The second-order valence-corrected chi connectivity index (χ2v) is 9.29. The lowest BCUT2D eigenvalue weighted by Crippen LogP contribution is -2.35. The van der Waals surface area contributed by atoms with Crippen molar-refractivity contribution < 1.29 is 28.6 Å². The highest BCUT2D eigenvalue weighted by Crippen LogP contribution is 2.24. The molecule has 4 atom stereocenters. The first-order valence-corrected chi connectivity index (χ1v) is 13.2. The molecule has 0 spiro atoms. The maximum absolute atomic E-state index is 12.2. The lowest BCUT2D eigenvalue weighted by atomic mass is 9.88. The molecular formula is C31H44N2O6. The molecule has 0 fully saturated rings. The van der Waals surface area contributed by atoms with Crippen LogP contribution in [-0.2, 0) is 28.6 Å². The summed E-state index contributed by atoms with van der Waals surface area (Å²) in [5, 5.41) is 5.18. The van der Waals surface area contributed by atoms with Gasteiger partial charge in [0.2, 0.25) is 11.8 Å². The molecule has 2 amide bonds. The lowest BCUT2D eigenvalue weighted by Gasteiger charge is -2.30. The number of ether oxygens (including phenoxy) is 3. The van der Waals surface area contributed by atoms with Gasteiger partial charge < -0.3 is 24.8 Å². The van der Waals surface area contributed by atoms with Crippen molar-refractivity contribution >= 4 is 23.9 Å². The molecule has 0 aliphatic carbocycles. The third-order valence-electron chi connectivity index (χ3n) is 6.17. The molecule has 0 radical (unpaired) electrons. The van der Waals surface area contributed by atoms with Gasteiger partial charge in [0.1, 0.15) is 6.54 Å². The normalized spacial score (nSPS) is 15.3. The van der Waals surface area contributed by atoms with Gasteiger partial charge in [-0.15, -0.1) is 0 Å². The Morgan fingerprint density at radius 3 is 2.36 bits per heavy atom. The minimum atomic E-state index is -0.488. The summed E-state index contributed by atoms with van der Waals surface area (Å²) in [5.41, 5.74) is 1.92. The molecule has 0 heterocycles. The molecule has 0 aliphatic heterocycles. The zero-order chi connectivity index (χ0) is 29.0. The van der Waals surface area contributed by atoms with Crippen LogP contribution in [0, 0.1) is 11.8 Å². The highest BCUT2D eigenvalue weighted by molar-refractivity contribution is 5.89. The number of benzene rings is 1. The van der Waals surface area contributed by atoms with Gasteiger partial charge in [0.15, 0.2) is 0 Å². The first-order valence-electron chi connectivity index (χ1n) is 13.2. The van der Waals surface area contributed by atoms with Crippen molar-refractivity contribution in [2.75, 3.05) is 27.9 Å². The first kappa shape index (κ1) is 33.5. The number of unbranched alkanes of at least 4 members (excludes halogenated alkanes) is 1. The van der Waals surface area contributed by atoms with E-state index in [0.717, 1.165) is 11.1 Å². The molecule has 1 rings (SSSR count). The molecule has 214 valence electrons. The van der Waals surface area contributed by atoms with Crippen LogP contribution in [0.3, 0.4) is 0 Å². The van der Waals surface area contributed by atoms with E-state index in [0.29, 0.717) is 12.8 Å². The molecule has 2 N–H and O–H groups in total. The number of esters is 1. The van der Waals surface area contributed by atoms with Crippen molar-refractivity contribution in [3.05, 3.63) is 78.0 Å². The molecule has 0 aromatic heterocycles. The summed E-state index contributed by atoms with van der Waals surface area (Å²) in [7, 11) is 4.67. The summed E-state index contributed by atoms with van der Waals surface area (Å²) in [6, 6.07) is 10.1. The Hall–Kier alpha value is -3.49. The van der Waals surface area contributed by atoms with Gasteiger partial charge in [-0.3, -0.25) is 14.4 Å². The molecule has 0 saturated heterocycles. The number of carbonyl (C=O) groups is 3. The average Bonchev–Trinajstić information content (AvgIpc) is 2.93. The van der Waals surface area contributed by atoms with E-state index in [1.807, 2.05) is 49.4 Å². The van der Waals surface area contributed by atoms with Crippen LogP contribution < -0.4 is 10.6 Å². The van der Waals surface area contributed by atoms with Gasteiger partial charge in [0.25, 0.3) is 0 Å². The molecule has 39 heavy (non-hydrogen) atoms. The Bertz CT molecular complexity index is 1000. The molecule has 3 unspecified atom stereocenters. The number of rotatable bonds is 17. The van der Waals surface area contributed by atoms with Crippen molar-refractivity contribution in [1.29, 1.82) is 0 Å². The summed E-state index contributed by atoms with van der Waals surface area (Å²) in [5.74, 6) is -0.763. The van der Waals surface area contributed by atoms with Crippen LogP contribution in [-0.4, -0.2) is 57.9 Å². The number of amides is 2. The van der Waals surface area contributed by atoms with Crippen LogP contribution >= 0.6 is 0 Å². The zero-order valence-corrected chi connectivity index (χ0v) is 24.0. The lowest BCUT2D eigenvalue weighted by molar-refractivity contribution is -0.141. The number of hydrogen-bond donors (Lipinski definition) is 2. The molecule has 1 aromatic rings. The summed E-state index contributed by atoms with van der Waals surface area (Å²) < 4.78 is 16.0. The number of hydrogen-bond acceptors (Lipinski definition) is 6. The fraction of sp³-hybridized carbons (Fsp3) is 0.452. The van der Waals surface area contributed by atoms with Crippen LogP contribution in [0.15, 0.2) is 72.5 Å². The van der Waals surface area contributed by atoms with Crippen LogP contribution in [0.4, 0.5) is 0 Å². The van der Waals surface area contributed by atoms with Gasteiger partial charge in [0.05, 0.1) is 19.3 Å². The van der Waals surface area contributed by atoms with E-state index in [-0.39, 0.29) is 48.8 Å². The van der Waals surface area contributed by atoms with Crippen LogP contribution in [0.2, 0.25) is 0 Å². The topological polar surface area (TPSA) is 103 Å². The maximum atomic E-state index is 12.2. The third kappa shape index (κ3) is 14.3. The molecule has 0 bridgehead atoms. The summed E-state index contributed by atoms with van der Waals surface area (Å²) >= 11 is 0. The van der Waals surface area contributed by atoms with Crippen molar-refractivity contribution in [1.82, 2.24) is 10.6 Å². The Kier molecular flexibility index (Phi) is 16.8. The Labute approximate surface area is 233 Å². The summed E-state index contributed by atoms with van der Waals surface area (Å²) in [6.07, 6.45) is 14.3. The molecule has 0 saturated carbocycles. The summed E-state index contributed by atoms with van der Waals surface area (Å²) in [4.78, 5) is 34.8. The second kappa shape index (κ2) is 19.6. The van der Waals surface area contributed by atoms with Crippen LogP contribution in [0.5, 0.6) is 0 Å². The average molecular weight is 541 g/mol. The second-order valence-electron chi connectivity index (χ2n) is 9.29. The van der Waals surface area contributed by atoms with E-state index in [1.165, 1.54) is 13.2 Å². The highest BCUT2D eigenvalue weighted by atomic mass is 16.5. The Morgan fingerprint density at radius 2 is 1.72 bits per heavy atom. The standard InChI is InChI=1S/C31H44N2O6/c1-23(21-29(35)32-20-12-8-11-15-28(34)33-22-30(36)38-5)16-17-24(2)31(39-6)25(3)27(37-4)19-18-26-13-9-7-10-14-26/h7,9-10,12-14,16-21,24-25,27,31H,8,11,15,22H2,1-6H3,(H,32,35)(H,33,34)/b17-16+,19-18+,20-12-,23-21+/t24?,25?,27?,31-/m0/s1. The van der Waals surface area contributed by atoms with Crippen LogP contribution in [0.25, 0.3) is 6.08 Å². The van der Waals surface area contributed by atoms with E-state index in [1.54, 1.807) is 26.5 Å². The fourth-order valence-electron chi connectivity index (χ4n) is 3.98. The Balaban J connectivity index is 2.52. The van der Waals surface area contributed by atoms with E-state index in [4.69, 9.17) is 9.47 Å². The maximum Gasteiger partial charge on any atom is 0.325 e. The predicted octanol–water partition coefficient (Wildman–Crippen LogP) is 4.59. The zero-order valence-electron chi connectivity index (χ0n) is 24.0. The smallest absolute Gasteiger partial charge is 0.325 e.